The first kappa shape index (κ1) is 22.5. The van der Waals surface area contributed by atoms with E-state index in [1.807, 2.05) is 0 Å². The Hall–Kier alpha value is -3.34. The number of anilines is 2. The van der Waals surface area contributed by atoms with Crippen LogP contribution >= 0.6 is 11.3 Å². The molecule has 0 atom stereocenters. The number of thiazole rings is 1. The lowest BCUT2D eigenvalue weighted by molar-refractivity contribution is -0.121. The average Bonchev–Trinajstić information content (AvgIpc) is 3.43. The second-order valence-electron chi connectivity index (χ2n) is 9.65. The van der Waals surface area contributed by atoms with Crippen LogP contribution in [0.1, 0.15) is 72.4 Å². The Labute approximate surface area is 201 Å². The van der Waals surface area contributed by atoms with E-state index in [2.05, 4.69) is 49.6 Å². The first-order chi connectivity index (χ1) is 16.3. The van der Waals surface area contributed by atoms with Crippen LogP contribution in [0.5, 0.6) is 0 Å². The molecule has 0 unspecified atom stereocenters. The summed E-state index contributed by atoms with van der Waals surface area (Å²) in [5, 5.41) is 13.7. The number of rotatable bonds is 5. The lowest BCUT2D eigenvalue weighted by Crippen LogP contribution is -2.36. The number of aromatic amines is 1. The second kappa shape index (κ2) is 8.79. The first-order valence-electron chi connectivity index (χ1n) is 11.6. The van der Waals surface area contributed by atoms with Crippen LogP contribution < -0.4 is 16.4 Å². The van der Waals surface area contributed by atoms with Crippen LogP contribution in [0.15, 0.2) is 12.4 Å². The molecule has 10 nitrogen and oxygen atoms in total. The molecule has 34 heavy (non-hydrogen) atoms. The zero-order valence-electron chi connectivity index (χ0n) is 19.3. The van der Waals surface area contributed by atoms with E-state index in [1.54, 1.807) is 12.4 Å². The number of nitrogen functional groups attached to an aromatic ring is 1. The Morgan fingerprint density at radius 1 is 1.21 bits per heavy atom. The number of nitrogens with two attached hydrogens (primary N) is 1. The summed E-state index contributed by atoms with van der Waals surface area (Å²) in [5.74, 6) is -0.187. The van der Waals surface area contributed by atoms with Crippen LogP contribution in [0.4, 0.5) is 11.1 Å². The van der Waals surface area contributed by atoms with E-state index in [4.69, 9.17) is 5.73 Å². The lowest BCUT2D eigenvalue weighted by Gasteiger charge is -2.31. The Morgan fingerprint density at radius 3 is 2.79 bits per heavy atom. The number of carbonyl (C=O) groups excluding carboxylic acids is 2. The van der Waals surface area contributed by atoms with Crippen LogP contribution in [-0.2, 0) is 23.1 Å². The molecular formula is C23H28N8O2S. The van der Waals surface area contributed by atoms with Crippen molar-refractivity contribution in [3.05, 3.63) is 34.1 Å². The summed E-state index contributed by atoms with van der Waals surface area (Å²) in [4.78, 5) is 39.1. The summed E-state index contributed by atoms with van der Waals surface area (Å²) >= 11 is 1.30. The van der Waals surface area contributed by atoms with Gasteiger partial charge in [-0.05, 0) is 30.2 Å². The molecule has 3 aromatic rings. The van der Waals surface area contributed by atoms with Gasteiger partial charge in [0.25, 0.3) is 5.91 Å². The summed E-state index contributed by atoms with van der Waals surface area (Å²) in [7, 11) is 0. The maximum Gasteiger partial charge on any atom is 0.278 e. The van der Waals surface area contributed by atoms with Gasteiger partial charge in [0.2, 0.25) is 11.9 Å². The highest BCUT2D eigenvalue weighted by Gasteiger charge is 2.38. The maximum absolute atomic E-state index is 13.1. The smallest absolute Gasteiger partial charge is 0.278 e. The van der Waals surface area contributed by atoms with Gasteiger partial charge in [0.1, 0.15) is 0 Å². The SMILES string of the molecule is CC1(C)Cc2cnc(N)nc2-c2[nH]nc(C(=O)Nc3ncc(CC(=O)NC4CCCCC4)s3)c21. The largest absolute Gasteiger partial charge is 0.368 e. The van der Waals surface area contributed by atoms with E-state index < -0.39 is 0 Å². The molecule has 3 aromatic heterocycles. The molecule has 0 aromatic carbocycles. The molecule has 0 radical (unpaired) electrons. The molecule has 2 amide bonds. The molecule has 5 rings (SSSR count). The van der Waals surface area contributed by atoms with Gasteiger partial charge in [0, 0.05) is 28.9 Å². The Kier molecular flexibility index (Phi) is 5.80. The molecule has 0 aliphatic heterocycles. The molecule has 178 valence electrons. The third-order valence-corrected chi connectivity index (χ3v) is 7.40. The number of nitrogens with zero attached hydrogens (tertiary/aromatic N) is 4. The van der Waals surface area contributed by atoms with Crippen molar-refractivity contribution in [2.24, 2.45) is 0 Å². The quantitative estimate of drug-likeness (QED) is 0.438. The van der Waals surface area contributed by atoms with Gasteiger partial charge in [-0.1, -0.05) is 33.1 Å². The third-order valence-electron chi connectivity index (χ3n) is 6.49. The number of amides is 2. The Bertz CT molecular complexity index is 1240. The standard InChI is InChI=1S/C23H28N8O2S/c1-23(2)9-12-10-25-21(24)28-17(12)18-16(23)19(31-30-18)20(33)29-22-26-11-14(34-22)8-15(32)27-13-6-4-3-5-7-13/h10-11,13H,3-9H2,1-2H3,(H,27,32)(H,30,31)(H2,24,25,28)(H,26,29,33). The molecule has 3 heterocycles. The zero-order chi connectivity index (χ0) is 23.9. The first-order valence-corrected chi connectivity index (χ1v) is 12.4. The lowest BCUT2D eigenvalue weighted by atomic mass is 9.73. The van der Waals surface area contributed by atoms with Crippen molar-refractivity contribution in [1.82, 2.24) is 30.5 Å². The summed E-state index contributed by atoms with van der Waals surface area (Å²) < 4.78 is 0. The van der Waals surface area contributed by atoms with Crippen molar-refractivity contribution in [2.45, 2.75) is 70.3 Å². The number of aromatic nitrogens is 5. The van der Waals surface area contributed by atoms with E-state index in [1.165, 1.54) is 30.6 Å². The minimum absolute atomic E-state index is 0.00326. The predicted octanol–water partition coefficient (Wildman–Crippen LogP) is 2.98. The summed E-state index contributed by atoms with van der Waals surface area (Å²) in [6.07, 6.45) is 9.95. The normalized spacial score (nSPS) is 17.0. The maximum atomic E-state index is 13.1. The van der Waals surface area contributed by atoms with Crippen molar-refractivity contribution in [3.8, 4) is 11.4 Å². The van der Waals surface area contributed by atoms with Crippen molar-refractivity contribution in [3.63, 3.8) is 0 Å². The topological polar surface area (TPSA) is 152 Å². The number of H-pyrrole nitrogens is 1. The summed E-state index contributed by atoms with van der Waals surface area (Å²) in [5.41, 5.74) is 8.85. The number of nitrogens with one attached hydrogen (secondary N) is 3. The van der Waals surface area contributed by atoms with Crippen LogP contribution in [-0.4, -0.2) is 43.0 Å². The number of carbonyl (C=O) groups is 2. The fourth-order valence-electron chi connectivity index (χ4n) is 4.95. The molecule has 0 saturated heterocycles. The molecule has 2 aliphatic rings. The van der Waals surface area contributed by atoms with E-state index in [-0.39, 0.29) is 35.6 Å². The van der Waals surface area contributed by atoms with Crippen molar-refractivity contribution in [1.29, 1.82) is 0 Å². The summed E-state index contributed by atoms with van der Waals surface area (Å²) in [6.45, 7) is 4.12. The van der Waals surface area contributed by atoms with Crippen LogP contribution in [0.3, 0.4) is 0 Å². The van der Waals surface area contributed by atoms with Gasteiger partial charge in [0.15, 0.2) is 10.8 Å². The van der Waals surface area contributed by atoms with Crippen molar-refractivity contribution in [2.75, 3.05) is 11.1 Å². The Balaban J connectivity index is 1.30. The van der Waals surface area contributed by atoms with Gasteiger partial charge in [-0.15, -0.1) is 11.3 Å². The number of fused-ring (bicyclic) bond motifs is 3. The van der Waals surface area contributed by atoms with Gasteiger partial charge in [-0.3, -0.25) is 20.0 Å². The zero-order valence-corrected chi connectivity index (χ0v) is 20.1. The van der Waals surface area contributed by atoms with Crippen LogP contribution in [0.2, 0.25) is 0 Å². The van der Waals surface area contributed by atoms with Gasteiger partial charge in [-0.2, -0.15) is 5.10 Å². The third kappa shape index (κ3) is 4.39. The van der Waals surface area contributed by atoms with E-state index in [0.29, 0.717) is 28.6 Å². The molecule has 0 bridgehead atoms. The monoisotopic (exact) mass is 480 g/mol. The minimum Gasteiger partial charge on any atom is -0.368 e. The van der Waals surface area contributed by atoms with Gasteiger partial charge >= 0.3 is 0 Å². The highest BCUT2D eigenvalue weighted by Crippen LogP contribution is 2.42. The highest BCUT2D eigenvalue weighted by atomic mass is 32.1. The molecule has 0 spiro atoms. The fraction of sp³-hybridized carbons (Fsp3) is 0.478. The van der Waals surface area contributed by atoms with E-state index in [9.17, 15) is 9.59 Å². The molecule has 1 saturated carbocycles. The second-order valence-corrected chi connectivity index (χ2v) is 10.8. The van der Waals surface area contributed by atoms with Crippen molar-refractivity contribution >= 4 is 34.2 Å². The average molecular weight is 481 g/mol. The van der Waals surface area contributed by atoms with Crippen LogP contribution in [0.25, 0.3) is 11.4 Å². The predicted molar refractivity (Wildman–Crippen MR) is 130 cm³/mol. The fourth-order valence-corrected chi connectivity index (χ4v) is 5.76. The number of hydrogen-bond acceptors (Lipinski definition) is 8. The highest BCUT2D eigenvalue weighted by molar-refractivity contribution is 7.15. The molecule has 11 heteroatoms. The van der Waals surface area contributed by atoms with Gasteiger partial charge < -0.3 is 11.1 Å². The van der Waals surface area contributed by atoms with E-state index >= 15 is 0 Å². The molecule has 2 aliphatic carbocycles. The number of hydrogen-bond donors (Lipinski definition) is 4. The Morgan fingerprint density at radius 2 is 2.00 bits per heavy atom. The minimum atomic E-state index is -0.358. The molecular weight excluding hydrogens is 452 g/mol. The summed E-state index contributed by atoms with van der Waals surface area (Å²) in [6, 6.07) is 0.272. The van der Waals surface area contributed by atoms with Gasteiger partial charge in [-0.25, -0.2) is 15.0 Å². The molecule has 5 N–H and O–H groups in total. The van der Waals surface area contributed by atoms with Gasteiger partial charge in [0.05, 0.1) is 17.8 Å². The van der Waals surface area contributed by atoms with Crippen molar-refractivity contribution < 1.29 is 9.59 Å². The van der Waals surface area contributed by atoms with Crippen LogP contribution in [0, 0.1) is 0 Å². The molecule has 1 fully saturated rings. The van der Waals surface area contributed by atoms with E-state index in [0.717, 1.165) is 28.8 Å².